The van der Waals surface area contributed by atoms with Crippen LogP contribution in [-0.4, -0.2) is 43.5 Å². The van der Waals surface area contributed by atoms with Crippen molar-refractivity contribution in [2.45, 2.75) is 19.2 Å². The average molecular weight is 397 g/mol. The van der Waals surface area contributed by atoms with E-state index in [0.29, 0.717) is 31.1 Å². The molecule has 0 radical (unpaired) electrons. The van der Waals surface area contributed by atoms with Gasteiger partial charge in [0.25, 0.3) is 0 Å². The summed E-state index contributed by atoms with van der Waals surface area (Å²) in [5.41, 5.74) is 1.12. The molecule has 0 aliphatic carbocycles. The van der Waals surface area contributed by atoms with Crippen LogP contribution in [0.25, 0.3) is 0 Å². The largest absolute Gasteiger partial charge is 0.497 e. The van der Waals surface area contributed by atoms with Gasteiger partial charge in [-0.15, -0.1) is 0 Å². The first-order chi connectivity index (χ1) is 14.2. The van der Waals surface area contributed by atoms with Gasteiger partial charge in [-0.3, -0.25) is 4.90 Å². The molecule has 29 heavy (non-hydrogen) atoms. The highest BCUT2D eigenvalue weighted by molar-refractivity contribution is 5.39. The molecule has 3 aromatic rings. The molecule has 6 heteroatoms. The Kier molecular flexibility index (Phi) is 7.55. The number of hydrogen-bond donors (Lipinski definition) is 1. The van der Waals surface area contributed by atoms with E-state index < -0.39 is 6.10 Å². The summed E-state index contributed by atoms with van der Waals surface area (Å²) in [5, 5.41) is 10.6. The zero-order valence-corrected chi connectivity index (χ0v) is 16.8. The summed E-state index contributed by atoms with van der Waals surface area (Å²) in [6.07, 6.45) is 0.982. The quantitative estimate of drug-likeness (QED) is 0.532. The van der Waals surface area contributed by atoms with Crippen LogP contribution in [-0.2, 0) is 13.1 Å². The zero-order chi connectivity index (χ0) is 20.5. The first kappa shape index (κ1) is 20.8. The molecule has 0 aliphatic rings. The lowest BCUT2D eigenvalue weighted by Crippen LogP contribution is -2.35. The molecule has 0 saturated carbocycles. The zero-order valence-electron chi connectivity index (χ0n) is 16.8. The average Bonchev–Trinajstić information content (AvgIpc) is 3.26. The van der Waals surface area contributed by atoms with Crippen molar-refractivity contribution in [3.8, 4) is 17.2 Å². The van der Waals surface area contributed by atoms with Crippen LogP contribution in [0.2, 0.25) is 0 Å². The van der Waals surface area contributed by atoms with Crippen molar-refractivity contribution in [1.29, 1.82) is 0 Å². The summed E-state index contributed by atoms with van der Waals surface area (Å²) in [7, 11) is 3.24. The van der Waals surface area contributed by atoms with Gasteiger partial charge in [0.1, 0.15) is 24.2 Å². The predicted molar refractivity (Wildman–Crippen MR) is 110 cm³/mol. The minimum atomic E-state index is -0.673. The van der Waals surface area contributed by atoms with Crippen molar-refractivity contribution in [3.05, 3.63) is 78.3 Å². The van der Waals surface area contributed by atoms with Gasteiger partial charge < -0.3 is 23.7 Å². The second-order valence-electron chi connectivity index (χ2n) is 6.71. The number of benzene rings is 2. The van der Waals surface area contributed by atoms with E-state index in [-0.39, 0.29) is 6.61 Å². The fourth-order valence-corrected chi connectivity index (χ4v) is 3.07. The Bertz CT molecular complexity index is 848. The van der Waals surface area contributed by atoms with Crippen LogP contribution in [0.4, 0.5) is 0 Å². The fraction of sp³-hybridized carbons (Fsp3) is 0.304. The van der Waals surface area contributed by atoms with Crippen LogP contribution in [0.15, 0.2) is 71.3 Å². The molecule has 0 spiro atoms. The number of ether oxygens (including phenoxy) is 3. The van der Waals surface area contributed by atoms with Gasteiger partial charge >= 0.3 is 0 Å². The highest BCUT2D eigenvalue weighted by Crippen LogP contribution is 2.26. The third kappa shape index (κ3) is 6.27. The van der Waals surface area contributed by atoms with E-state index in [0.717, 1.165) is 17.1 Å². The van der Waals surface area contributed by atoms with Crippen LogP contribution in [0, 0.1) is 0 Å². The van der Waals surface area contributed by atoms with Gasteiger partial charge in [0, 0.05) is 13.1 Å². The maximum atomic E-state index is 10.6. The number of aliphatic hydroxyl groups excluding tert-OH is 1. The van der Waals surface area contributed by atoms with Crippen molar-refractivity contribution in [1.82, 2.24) is 4.90 Å². The summed E-state index contributed by atoms with van der Waals surface area (Å²) < 4.78 is 21.8. The third-order valence-corrected chi connectivity index (χ3v) is 4.49. The summed E-state index contributed by atoms with van der Waals surface area (Å²) in [4.78, 5) is 2.12. The van der Waals surface area contributed by atoms with Crippen LogP contribution in [0.3, 0.4) is 0 Å². The number of para-hydroxylation sites is 2. The molecular formula is C23H27NO5. The maximum Gasteiger partial charge on any atom is 0.161 e. The number of nitrogens with zero attached hydrogens (tertiary/aromatic N) is 1. The van der Waals surface area contributed by atoms with Crippen LogP contribution in [0.1, 0.15) is 11.3 Å². The molecular weight excluding hydrogens is 370 g/mol. The highest BCUT2D eigenvalue weighted by atomic mass is 16.5. The third-order valence-electron chi connectivity index (χ3n) is 4.49. The summed E-state index contributed by atoms with van der Waals surface area (Å²) >= 11 is 0. The van der Waals surface area contributed by atoms with Crippen molar-refractivity contribution in [2.24, 2.45) is 0 Å². The molecule has 3 rings (SSSR count). The minimum Gasteiger partial charge on any atom is -0.497 e. The molecule has 1 aromatic heterocycles. The Morgan fingerprint density at radius 3 is 2.31 bits per heavy atom. The first-order valence-corrected chi connectivity index (χ1v) is 9.49. The van der Waals surface area contributed by atoms with Gasteiger partial charge in [-0.05, 0) is 42.0 Å². The van der Waals surface area contributed by atoms with Crippen molar-refractivity contribution in [3.63, 3.8) is 0 Å². The summed E-state index contributed by atoms with van der Waals surface area (Å²) in [5.74, 6) is 2.92. The van der Waals surface area contributed by atoms with E-state index >= 15 is 0 Å². The monoisotopic (exact) mass is 397 g/mol. The summed E-state index contributed by atoms with van der Waals surface area (Å²) in [6.45, 7) is 1.85. The van der Waals surface area contributed by atoms with Crippen molar-refractivity contribution < 1.29 is 23.7 Å². The molecule has 0 saturated heterocycles. The smallest absolute Gasteiger partial charge is 0.161 e. The number of aliphatic hydroxyl groups is 1. The number of methoxy groups -OCH3 is 2. The van der Waals surface area contributed by atoms with Gasteiger partial charge in [-0.25, -0.2) is 0 Å². The molecule has 154 valence electrons. The highest BCUT2D eigenvalue weighted by Gasteiger charge is 2.16. The lowest BCUT2D eigenvalue weighted by Gasteiger charge is -2.24. The SMILES string of the molecule is COc1ccc(CN(Cc2ccco2)CC(O)COc2ccccc2OC)cc1. The van der Waals surface area contributed by atoms with E-state index in [1.165, 1.54) is 0 Å². The van der Waals surface area contributed by atoms with Crippen LogP contribution in [0.5, 0.6) is 17.2 Å². The van der Waals surface area contributed by atoms with E-state index in [1.54, 1.807) is 20.5 Å². The Hall–Kier alpha value is -2.96. The fourth-order valence-electron chi connectivity index (χ4n) is 3.07. The molecule has 0 amide bonds. The molecule has 1 N–H and O–H groups in total. The molecule has 6 nitrogen and oxygen atoms in total. The van der Waals surface area contributed by atoms with Gasteiger partial charge in [0.15, 0.2) is 11.5 Å². The topological polar surface area (TPSA) is 64.3 Å². The van der Waals surface area contributed by atoms with Gasteiger partial charge in [0.2, 0.25) is 0 Å². The molecule has 0 fully saturated rings. The van der Waals surface area contributed by atoms with Crippen molar-refractivity contribution in [2.75, 3.05) is 27.4 Å². The molecule has 0 bridgehead atoms. The maximum absolute atomic E-state index is 10.6. The van der Waals surface area contributed by atoms with E-state index in [4.69, 9.17) is 18.6 Å². The minimum absolute atomic E-state index is 0.164. The molecule has 1 unspecified atom stereocenters. The molecule has 0 aliphatic heterocycles. The van der Waals surface area contributed by atoms with Crippen molar-refractivity contribution >= 4 is 0 Å². The molecule has 1 atom stereocenters. The molecule has 2 aromatic carbocycles. The molecule has 1 heterocycles. The lowest BCUT2D eigenvalue weighted by atomic mass is 10.2. The number of hydrogen-bond acceptors (Lipinski definition) is 6. The summed E-state index contributed by atoms with van der Waals surface area (Å²) in [6, 6.07) is 19.1. The standard InChI is InChI=1S/C23H27NO5/c1-26-20-11-9-18(10-12-20)14-24(16-21-6-5-13-28-21)15-19(25)17-29-23-8-4-3-7-22(23)27-2/h3-13,19,25H,14-17H2,1-2H3. The number of furan rings is 1. The predicted octanol–water partition coefficient (Wildman–Crippen LogP) is 3.74. The van der Waals surface area contributed by atoms with E-state index in [9.17, 15) is 5.11 Å². The number of rotatable bonds is 11. The second-order valence-corrected chi connectivity index (χ2v) is 6.71. The van der Waals surface area contributed by atoms with Gasteiger partial charge in [0.05, 0.1) is 27.0 Å². The Morgan fingerprint density at radius 1 is 0.897 bits per heavy atom. The Balaban J connectivity index is 1.61. The van der Waals surface area contributed by atoms with E-state index in [2.05, 4.69) is 4.90 Å². The van der Waals surface area contributed by atoms with Crippen LogP contribution < -0.4 is 14.2 Å². The first-order valence-electron chi connectivity index (χ1n) is 9.49. The van der Waals surface area contributed by atoms with Gasteiger partial charge in [-0.2, -0.15) is 0 Å². The van der Waals surface area contributed by atoms with E-state index in [1.807, 2.05) is 60.7 Å². The van der Waals surface area contributed by atoms with Gasteiger partial charge in [-0.1, -0.05) is 24.3 Å². The lowest BCUT2D eigenvalue weighted by molar-refractivity contribution is 0.0596. The normalized spacial score (nSPS) is 12.0. The van der Waals surface area contributed by atoms with Crippen LogP contribution >= 0.6 is 0 Å². The Labute approximate surface area is 171 Å². The Morgan fingerprint density at radius 2 is 1.66 bits per heavy atom. The second kappa shape index (κ2) is 10.5.